The first-order valence-corrected chi connectivity index (χ1v) is 7.67. The van der Waals surface area contributed by atoms with Gasteiger partial charge in [0.1, 0.15) is 0 Å². The van der Waals surface area contributed by atoms with E-state index in [-0.39, 0.29) is 0 Å². The van der Waals surface area contributed by atoms with Crippen LogP contribution < -0.4 is 10.0 Å². The van der Waals surface area contributed by atoms with Gasteiger partial charge in [-0.3, -0.25) is 9.52 Å². The van der Waals surface area contributed by atoms with Gasteiger partial charge in [-0.2, -0.15) is 0 Å². The van der Waals surface area contributed by atoms with E-state index in [4.69, 9.17) is 5.11 Å². The maximum Gasteiger partial charge on any atom is 0.304 e. The van der Waals surface area contributed by atoms with Crippen molar-refractivity contribution in [2.75, 3.05) is 17.0 Å². The molecule has 0 spiro atoms. The lowest BCUT2D eigenvalue weighted by Crippen LogP contribution is -2.26. The fraction of sp³-hybridized carbons (Fsp3) is 0.417. The summed E-state index contributed by atoms with van der Waals surface area (Å²) >= 11 is 0. The maximum atomic E-state index is 11.8. The predicted molar refractivity (Wildman–Crippen MR) is 71.5 cm³/mol. The van der Waals surface area contributed by atoms with Crippen LogP contribution in [0.2, 0.25) is 0 Å². The SMILES string of the molecule is O=C(O)CCS(=O)(=O)Nc1cccc2c1CNCC2. The van der Waals surface area contributed by atoms with Gasteiger partial charge in [0.25, 0.3) is 0 Å². The van der Waals surface area contributed by atoms with Crippen molar-refractivity contribution in [1.82, 2.24) is 5.32 Å². The number of anilines is 1. The van der Waals surface area contributed by atoms with Gasteiger partial charge >= 0.3 is 5.97 Å². The number of hydrogen-bond donors (Lipinski definition) is 3. The Balaban J connectivity index is 2.17. The van der Waals surface area contributed by atoms with E-state index in [2.05, 4.69) is 10.0 Å². The molecule has 1 aromatic carbocycles. The van der Waals surface area contributed by atoms with E-state index < -0.39 is 28.2 Å². The Kier molecular flexibility index (Phi) is 4.06. The number of fused-ring (bicyclic) bond motifs is 1. The average molecular weight is 284 g/mol. The fourth-order valence-electron chi connectivity index (χ4n) is 2.05. The molecule has 1 aliphatic rings. The van der Waals surface area contributed by atoms with Crippen molar-refractivity contribution in [3.05, 3.63) is 29.3 Å². The van der Waals surface area contributed by atoms with Crippen molar-refractivity contribution in [1.29, 1.82) is 0 Å². The number of sulfonamides is 1. The molecule has 1 heterocycles. The molecule has 0 aliphatic carbocycles. The molecule has 7 heteroatoms. The zero-order valence-corrected chi connectivity index (χ0v) is 11.2. The second-order valence-electron chi connectivity index (χ2n) is 4.43. The van der Waals surface area contributed by atoms with Crippen LogP contribution in [0.3, 0.4) is 0 Å². The summed E-state index contributed by atoms with van der Waals surface area (Å²) in [6.45, 7) is 1.50. The van der Waals surface area contributed by atoms with Gasteiger partial charge in [-0.05, 0) is 30.2 Å². The molecule has 0 saturated carbocycles. The van der Waals surface area contributed by atoms with Crippen molar-refractivity contribution < 1.29 is 18.3 Å². The second kappa shape index (κ2) is 5.58. The lowest BCUT2D eigenvalue weighted by Gasteiger charge is -2.20. The molecule has 3 N–H and O–H groups in total. The number of hydrogen-bond acceptors (Lipinski definition) is 4. The summed E-state index contributed by atoms with van der Waals surface area (Å²) in [5.74, 6) is -1.54. The van der Waals surface area contributed by atoms with E-state index >= 15 is 0 Å². The lowest BCUT2D eigenvalue weighted by molar-refractivity contribution is -0.136. The molecular weight excluding hydrogens is 268 g/mol. The minimum atomic E-state index is -3.62. The Bertz CT molecular complexity index is 583. The van der Waals surface area contributed by atoms with Crippen molar-refractivity contribution >= 4 is 21.7 Å². The number of benzene rings is 1. The van der Waals surface area contributed by atoms with E-state index in [0.29, 0.717) is 12.2 Å². The number of aliphatic carboxylic acids is 1. The van der Waals surface area contributed by atoms with E-state index in [9.17, 15) is 13.2 Å². The van der Waals surface area contributed by atoms with Gasteiger partial charge in [-0.1, -0.05) is 12.1 Å². The number of carbonyl (C=O) groups is 1. The molecule has 1 aromatic rings. The molecule has 0 atom stereocenters. The first-order valence-electron chi connectivity index (χ1n) is 6.02. The van der Waals surface area contributed by atoms with Crippen LogP contribution in [0.25, 0.3) is 0 Å². The van der Waals surface area contributed by atoms with Gasteiger partial charge < -0.3 is 10.4 Å². The quantitative estimate of drug-likeness (QED) is 0.734. The van der Waals surface area contributed by atoms with E-state index in [1.54, 1.807) is 12.1 Å². The number of carboxylic acid groups (broad SMARTS) is 1. The highest BCUT2D eigenvalue weighted by molar-refractivity contribution is 7.92. The van der Waals surface area contributed by atoms with E-state index in [1.807, 2.05) is 6.07 Å². The number of nitrogens with one attached hydrogen (secondary N) is 2. The minimum Gasteiger partial charge on any atom is -0.481 e. The maximum absolute atomic E-state index is 11.8. The first kappa shape index (κ1) is 13.8. The zero-order chi connectivity index (χ0) is 13.9. The summed E-state index contributed by atoms with van der Waals surface area (Å²) in [6, 6.07) is 5.48. The van der Waals surface area contributed by atoms with Crippen LogP contribution in [0.1, 0.15) is 17.5 Å². The van der Waals surface area contributed by atoms with E-state index in [1.165, 1.54) is 0 Å². The topological polar surface area (TPSA) is 95.5 Å². The summed E-state index contributed by atoms with van der Waals surface area (Å²) in [5, 5.41) is 11.7. The number of rotatable bonds is 5. The van der Waals surface area contributed by atoms with Crippen LogP contribution >= 0.6 is 0 Å². The Hall–Kier alpha value is -1.60. The van der Waals surface area contributed by atoms with Crippen molar-refractivity contribution in [3.63, 3.8) is 0 Å². The largest absolute Gasteiger partial charge is 0.481 e. The lowest BCUT2D eigenvalue weighted by atomic mass is 10.00. The van der Waals surface area contributed by atoms with Crippen LogP contribution in [0, 0.1) is 0 Å². The zero-order valence-electron chi connectivity index (χ0n) is 10.3. The Morgan fingerprint density at radius 1 is 1.42 bits per heavy atom. The third-order valence-electron chi connectivity index (χ3n) is 3.00. The molecule has 0 bridgehead atoms. The summed E-state index contributed by atoms with van der Waals surface area (Å²) in [7, 11) is -3.62. The van der Waals surface area contributed by atoms with Crippen LogP contribution in [-0.2, 0) is 27.8 Å². The standard InChI is InChI=1S/C12H16N2O4S/c15-12(16)5-7-19(17,18)14-11-3-1-2-9-4-6-13-8-10(9)11/h1-3,13-14H,4-8H2,(H,15,16). The molecule has 0 radical (unpaired) electrons. The van der Waals surface area contributed by atoms with Gasteiger partial charge in [-0.15, -0.1) is 0 Å². The Morgan fingerprint density at radius 3 is 2.95 bits per heavy atom. The highest BCUT2D eigenvalue weighted by Crippen LogP contribution is 2.23. The minimum absolute atomic E-state index is 0.400. The molecule has 6 nitrogen and oxygen atoms in total. The molecular formula is C12H16N2O4S. The fourth-order valence-corrected chi connectivity index (χ4v) is 3.12. The van der Waals surface area contributed by atoms with Crippen molar-refractivity contribution in [2.45, 2.75) is 19.4 Å². The first-order chi connectivity index (χ1) is 8.98. The second-order valence-corrected chi connectivity index (χ2v) is 6.28. The summed E-state index contributed by atoms with van der Waals surface area (Å²) < 4.78 is 26.1. The highest BCUT2D eigenvalue weighted by atomic mass is 32.2. The van der Waals surface area contributed by atoms with Crippen LogP contribution in [0.5, 0.6) is 0 Å². The molecule has 2 rings (SSSR count). The summed E-state index contributed by atoms with van der Waals surface area (Å²) in [6.07, 6.45) is 0.461. The molecule has 0 fully saturated rings. The smallest absolute Gasteiger partial charge is 0.304 e. The third-order valence-corrected chi connectivity index (χ3v) is 4.27. The average Bonchev–Trinajstić information content (AvgIpc) is 2.37. The summed E-state index contributed by atoms with van der Waals surface area (Å²) in [5.41, 5.74) is 2.60. The van der Waals surface area contributed by atoms with Gasteiger partial charge in [-0.25, -0.2) is 8.42 Å². The molecule has 1 aliphatic heterocycles. The van der Waals surface area contributed by atoms with E-state index in [0.717, 1.165) is 24.1 Å². The molecule has 0 amide bonds. The third kappa shape index (κ3) is 3.68. The summed E-state index contributed by atoms with van der Waals surface area (Å²) in [4.78, 5) is 10.4. The van der Waals surface area contributed by atoms with Crippen LogP contribution in [-0.4, -0.2) is 31.8 Å². The highest BCUT2D eigenvalue weighted by Gasteiger charge is 2.17. The Labute approximate surface area is 111 Å². The van der Waals surface area contributed by atoms with Gasteiger partial charge in [0.2, 0.25) is 10.0 Å². The Morgan fingerprint density at radius 2 is 2.21 bits per heavy atom. The molecule has 0 unspecified atom stereocenters. The number of carboxylic acids is 1. The predicted octanol–water partition coefficient (Wildman–Crippen LogP) is 0.549. The van der Waals surface area contributed by atoms with Crippen molar-refractivity contribution in [2.24, 2.45) is 0 Å². The molecule has 19 heavy (non-hydrogen) atoms. The van der Waals surface area contributed by atoms with Crippen LogP contribution in [0.15, 0.2) is 18.2 Å². The van der Waals surface area contributed by atoms with Crippen molar-refractivity contribution in [3.8, 4) is 0 Å². The van der Waals surface area contributed by atoms with Gasteiger partial charge in [0.05, 0.1) is 17.9 Å². The molecule has 0 aromatic heterocycles. The monoisotopic (exact) mass is 284 g/mol. The molecule has 0 saturated heterocycles. The van der Waals surface area contributed by atoms with Gasteiger partial charge in [0, 0.05) is 6.54 Å². The van der Waals surface area contributed by atoms with Crippen LogP contribution in [0.4, 0.5) is 5.69 Å². The van der Waals surface area contributed by atoms with Gasteiger partial charge in [0.15, 0.2) is 0 Å². The molecule has 104 valence electrons. The normalized spacial score (nSPS) is 14.7.